The zero-order chi connectivity index (χ0) is 22.2. The van der Waals surface area contributed by atoms with Crippen LogP contribution in [0.15, 0.2) is 53.0 Å². The van der Waals surface area contributed by atoms with Crippen molar-refractivity contribution in [2.75, 3.05) is 26.2 Å². The summed E-state index contributed by atoms with van der Waals surface area (Å²) in [4.78, 5) is 38.2. The molecule has 0 radical (unpaired) electrons. The number of nitrogens with one attached hydrogen (secondary N) is 1. The van der Waals surface area contributed by atoms with E-state index in [1.165, 1.54) is 0 Å². The van der Waals surface area contributed by atoms with Crippen molar-refractivity contribution in [2.24, 2.45) is 5.92 Å². The van der Waals surface area contributed by atoms with Crippen LogP contribution in [0, 0.1) is 5.92 Å². The average Bonchev–Trinajstić information content (AvgIpc) is 2.78. The Labute approximate surface area is 189 Å². The molecule has 2 amide bonds. The molecule has 2 aromatic carbocycles. The fourth-order valence-electron chi connectivity index (χ4n) is 3.40. The van der Waals surface area contributed by atoms with Gasteiger partial charge in [-0.15, -0.1) is 0 Å². The van der Waals surface area contributed by atoms with Gasteiger partial charge in [-0.25, -0.2) is 4.79 Å². The lowest BCUT2D eigenvalue weighted by molar-refractivity contribution is 0.0684. The summed E-state index contributed by atoms with van der Waals surface area (Å²) in [6.45, 7) is 3.80. The number of likely N-dealkylation sites (tertiary alicyclic amines) is 1. The molecule has 0 unspecified atom stereocenters. The monoisotopic (exact) mass is 488 g/mol. The van der Waals surface area contributed by atoms with Crippen LogP contribution in [0.3, 0.4) is 0 Å². The number of benzene rings is 2. The summed E-state index contributed by atoms with van der Waals surface area (Å²) >= 11 is 3.37. The van der Waals surface area contributed by atoms with E-state index in [9.17, 15) is 14.4 Å². The van der Waals surface area contributed by atoms with Gasteiger partial charge in [0.05, 0.1) is 6.61 Å². The van der Waals surface area contributed by atoms with Gasteiger partial charge >= 0.3 is 6.16 Å². The van der Waals surface area contributed by atoms with Crippen molar-refractivity contribution in [3.8, 4) is 5.75 Å². The minimum atomic E-state index is -0.768. The average molecular weight is 489 g/mol. The second-order valence-corrected chi connectivity index (χ2v) is 8.18. The fourth-order valence-corrected chi connectivity index (χ4v) is 3.80. The number of carbonyl (C=O) groups is 3. The van der Waals surface area contributed by atoms with E-state index in [-0.39, 0.29) is 18.4 Å². The third-order valence-corrected chi connectivity index (χ3v) is 5.60. The molecule has 1 heterocycles. The Hall–Kier alpha value is -2.87. The number of hydrogen-bond donors (Lipinski definition) is 1. The van der Waals surface area contributed by atoms with E-state index in [0.717, 1.165) is 17.3 Å². The lowest BCUT2D eigenvalue weighted by Gasteiger charge is -2.32. The van der Waals surface area contributed by atoms with E-state index < -0.39 is 6.16 Å². The molecule has 3 rings (SSSR count). The summed E-state index contributed by atoms with van der Waals surface area (Å²) in [6, 6.07) is 13.7. The minimum Gasteiger partial charge on any atom is -0.434 e. The summed E-state index contributed by atoms with van der Waals surface area (Å²) in [5.41, 5.74) is 1.16. The Morgan fingerprint density at radius 3 is 2.42 bits per heavy atom. The van der Waals surface area contributed by atoms with Crippen molar-refractivity contribution in [3.63, 3.8) is 0 Å². The van der Waals surface area contributed by atoms with E-state index in [1.54, 1.807) is 43.3 Å². The zero-order valence-corrected chi connectivity index (χ0v) is 18.9. The highest BCUT2D eigenvalue weighted by atomic mass is 79.9. The number of rotatable bonds is 6. The molecule has 1 aliphatic heterocycles. The second-order valence-electron chi connectivity index (χ2n) is 7.27. The molecule has 1 N–H and O–H groups in total. The Kier molecular flexibility index (Phi) is 8.06. The van der Waals surface area contributed by atoms with Gasteiger partial charge in [-0.2, -0.15) is 0 Å². The van der Waals surface area contributed by atoms with Gasteiger partial charge in [0, 0.05) is 35.2 Å². The normalized spacial score (nSPS) is 14.1. The van der Waals surface area contributed by atoms with E-state index >= 15 is 0 Å². The molecule has 0 spiro atoms. The Morgan fingerprint density at radius 1 is 1.06 bits per heavy atom. The first-order chi connectivity index (χ1) is 15.0. The van der Waals surface area contributed by atoms with Crippen LogP contribution in [0.5, 0.6) is 5.75 Å². The summed E-state index contributed by atoms with van der Waals surface area (Å²) in [5, 5.41) is 2.99. The van der Waals surface area contributed by atoms with Crippen LogP contribution >= 0.6 is 15.9 Å². The predicted octanol–water partition coefficient (Wildman–Crippen LogP) is 4.27. The predicted molar refractivity (Wildman–Crippen MR) is 119 cm³/mol. The molecule has 1 aliphatic rings. The van der Waals surface area contributed by atoms with E-state index in [2.05, 4.69) is 21.2 Å². The zero-order valence-electron chi connectivity index (χ0n) is 17.3. The highest BCUT2D eigenvalue weighted by molar-refractivity contribution is 9.10. The van der Waals surface area contributed by atoms with Crippen molar-refractivity contribution in [2.45, 2.75) is 19.8 Å². The first kappa shape index (κ1) is 22.8. The standard InChI is InChI=1S/C23H25BrN2O5/c1-2-30-23(29)31-20-8-6-17(7-9-20)22(28)26-12-10-16(11-13-26)15-25-21(27)18-4-3-5-19(24)14-18/h3-9,14,16H,2,10-13,15H2,1H3,(H,25,27). The van der Waals surface area contributed by atoms with E-state index in [0.29, 0.717) is 42.4 Å². The topological polar surface area (TPSA) is 84.9 Å². The summed E-state index contributed by atoms with van der Waals surface area (Å²) < 4.78 is 10.6. The van der Waals surface area contributed by atoms with Crippen LogP contribution in [0.4, 0.5) is 4.79 Å². The molecule has 0 aromatic heterocycles. The molecule has 0 atom stereocenters. The van der Waals surface area contributed by atoms with Crippen LogP contribution in [-0.2, 0) is 4.74 Å². The number of amides is 2. The molecule has 0 aliphatic carbocycles. The van der Waals surface area contributed by atoms with Crippen molar-refractivity contribution in [3.05, 3.63) is 64.1 Å². The number of hydrogen-bond acceptors (Lipinski definition) is 5. The van der Waals surface area contributed by atoms with Gasteiger partial charge in [0.15, 0.2) is 0 Å². The molecule has 7 nitrogen and oxygen atoms in total. The van der Waals surface area contributed by atoms with E-state index in [1.807, 2.05) is 17.0 Å². The van der Waals surface area contributed by atoms with Crippen molar-refractivity contribution in [1.82, 2.24) is 10.2 Å². The maximum atomic E-state index is 12.7. The summed E-state index contributed by atoms with van der Waals surface area (Å²) in [6.07, 6.45) is 0.888. The van der Waals surface area contributed by atoms with Crippen LogP contribution < -0.4 is 10.1 Å². The Balaban J connectivity index is 1.45. The van der Waals surface area contributed by atoms with Gasteiger partial charge in [-0.05, 0) is 68.1 Å². The number of ether oxygens (including phenoxy) is 2. The molecule has 164 valence electrons. The molecule has 1 fully saturated rings. The fraction of sp³-hybridized carbons (Fsp3) is 0.348. The van der Waals surface area contributed by atoms with Gasteiger partial charge < -0.3 is 19.7 Å². The van der Waals surface area contributed by atoms with Crippen molar-refractivity contribution < 1.29 is 23.9 Å². The van der Waals surface area contributed by atoms with Crippen LogP contribution in [0.25, 0.3) is 0 Å². The van der Waals surface area contributed by atoms with Gasteiger partial charge in [-0.3, -0.25) is 9.59 Å². The lowest BCUT2D eigenvalue weighted by Crippen LogP contribution is -2.41. The highest BCUT2D eigenvalue weighted by Gasteiger charge is 2.24. The van der Waals surface area contributed by atoms with Crippen LogP contribution in [0.1, 0.15) is 40.5 Å². The Morgan fingerprint density at radius 2 is 1.77 bits per heavy atom. The Bertz CT molecular complexity index is 924. The minimum absolute atomic E-state index is 0.0562. The van der Waals surface area contributed by atoms with Gasteiger partial charge in [0.1, 0.15) is 5.75 Å². The summed E-state index contributed by atoms with van der Waals surface area (Å²) in [7, 11) is 0. The van der Waals surface area contributed by atoms with Crippen LogP contribution in [0.2, 0.25) is 0 Å². The first-order valence-electron chi connectivity index (χ1n) is 10.2. The molecular formula is C23H25BrN2O5. The summed E-state index contributed by atoms with van der Waals surface area (Å²) in [5.74, 6) is 0.514. The van der Waals surface area contributed by atoms with Crippen molar-refractivity contribution >= 4 is 33.9 Å². The van der Waals surface area contributed by atoms with Crippen molar-refractivity contribution in [1.29, 1.82) is 0 Å². The third-order valence-electron chi connectivity index (χ3n) is 5.10. The van der Waals surface area contributed by atoms with E-state index in [4.69, 9.17) is 9.47 Å². The largest absolute Gasteiger partial charge is 0.513 e. The molecule has 0 saturated carbocycles. The molecule has 0 bridgehead atoms. The second kappa shape index (κ2) is 10.9. The maximum absolute atomic E-state index is 12.7. The number of carbonyl (C=O) groups excluding carboxylic acids is 3. The van der Waals surface area contributed by atoms with Gasteiger partial charge in [0.2, 0.25) is 0 Å². The quantitative estimate of drug-likeness (QED) is 0.484. The maximum Gasteiger partial charge on any atom is 0.513 e. The smallest absolute Gasteiger partial charge is 0.434 e. The molecule has 1 saturated heterocycles. The molecule has 8 heteroatoms. The molecule has 2 aromatic rings. The first-order valence-corrected chi connectivity index (χ1v) is 11.0. The lowest BCUT2D eigenvalue weighted by atomic mass is 9.96. The SMILES string of the molecule is CCOC(=O)Oc1ccc(C(=O)N2CCC(CNC(=O)c3cccc(Br)c3)CC2)cc1. The molecular weight excluding hydrogens is 464 g/mol. The van der Waals surface area contributed by atoms with Crippen LogP contribution in [-0.4, -0.2) is 49.1 Å². The van der Waals surface area contributed by atoms with Gasteiger partial charge in [-0.1, -0.05) is 22.0 Å². The van der Waals surface area contributed by atoms with Gasteiger partial charge in [0.25, 0.3) is 11.8 Å². The number of halogens is 1. The number of nitrogens with zero attached hydrogens (tertiary/aromatic N) is 1. The third kappa shape index (κ3) is 6.55. The molecule has 31 heavy (non-hydrogen) atoms. The number of piperidine rings is 1. The highest BCUT2D eigenvalue weighted by Crippen LogP contribution is 2.20.